The number of aliphatic hydroxyl groups is 1. The van der Waals surface area contributed by atoms with Gasteiger partial charge in [-0.2, -0.15) is 0 Å². The predicted octanol–water partition coefficient (Wildman–Crippen LogP) is 4.13. The molecular weight excluding hydrogens is 380 g/mol. The molecule has 3 aromatic rings. The van der Waals surface area contributed by atoms with E-state index >= 15 is 0 Å². The maximum absolute atomic E-state index is 12.9. The van der Waals surface area contributed by atoms with Gasteiger partial charge in [0, 0.05) is 27.7 Å². The van der Waals surface area contributed by atoms with E-state index in [4.69, 9.17) is 0 Å². The first-order chi connectivity index (χ1) is 13.1. The molecule has 0 bridgehead atoms. The summed E-state index contributed by atoms with van der Waals surface area (Å²) in [5.74, 6) is -1.40. The van der Waals surface area contributed by atoms with Crippen LogP contribution in [0.25, 0.3) is 5.76 Å². The molecule has 0 spiro atoms. The summed E-state index contributed by atoms with van der Waals surface area (Å²) < 4.78 is 0. The molecule has 1 N–H and O–H groups in total. The van der Waals surface area contributed by atoms with Gasteiger partial charge in [-0.3, -0.25) is 14.6 Å². The van der Waals surface area contributed by atoms with Crippen molar-refractivity contribution in [2.75, 3.05) is 0 Å². The standard InChI is InChI=1S/C20H16N2O3S2/c1-12-6-10-27-19(12)16-15(17(23)13-4-7-21-8-5-13)18(24)20(25)22(16)11-14-3-2-9-26-14/h2-10,16,23H,11H2,1H3/b17-15-. The predicted molar refractivity (Wildman–Crippen MR) is 105 cm³/mol. The van der Waals surface area contributed by atoms with Gasteiger partial charge in [0.25, 0.3) is 11.7 Å². The number of aryl methyl sites for hydroxylation is 1. The summed E-state index contributed by atoms with van der Waals surface area (Å²) in [7, 11) is 0. The monoisotopic (exact) mass is 396 g/mol. The number of aliphatic hydroxyl groups excluding tert-OH is 1. The van der Waals surface area contributed by atoms with Gasteiger partial charge in [-0.15, -0.1) is 22.7 Å². The van der Waals surface area contributed by atoms with Crippen molar-refractivity contribution in [3.05, 3.63) is 79.9 Å². The summed E-state index contributed by atoms with van der Waals surface area (Å²) >= 11 is 3.02. The van der Waals surface area contributed by atoms with Crippen molar-refractivity contribution < 1.29 is 14.7 Å². The summed E-state index contributed by atoms with van der Waals surface area (Å²) in [5.41, 5.74) is 1.59. The summed E-state index contributed by atoms with van der Waals surface area (Å²) in [6.45, 7) is 2.28. The minimum atomic E-state index is -0.654. The lowest BCUT2D eigenvalue weighted by Crippen LogP contribution is -2.28. The molecule has 1 saturated heterocycles. The van der Waals surface area contributed by atoms with Gasteiger partial charge in [0.15, 0.2) is 0 Å². The first kappa shape index (κ1) is 17.6. The van der Waals surface area contributed by atoms with Crippen LogP contribution in [0.2, 0.25) is 0 Å². The van der Waals surface area contributed by atoms with Crippen molar-refractivity contribution >= 4 is 40.1 Å². The van der Waals surface area contributed by atoms with Crippen LogP contribution in [0.4, 0.5) is 0 Å². The van der Waals surface area contributed by atoms with E-state index in [1.54, 1.807) is 29.4 Å². The minimum absolute atomic E-state index is 0.133. The molecule has 1 fully saturated rings. The van der Waals surface area contributed by atoms with Crippen molar-refractivity contribution in [1.29, 1.82) is 0 Å². The van der Waals surface area contributed by atoms with Gasteiger partial charge >= 0.3 is 0 Å². The van der Waals surface area contributed by atoms with E-state index in [0.29, 0.717) is 12.1 Å². The van der Waals surface area contributed by atoms with E-state index in [1.165, 1.54) is 22.7 Å². The SMILES string of the molecule is Cc1ccsc1C1/C(=C(/O)c2ccncc2)C(=O)C(=O)N1Cc1cccs1. The van der Waals surface area contributed by atoms with Crippen molar-refractivity contribution in [2.24, 2.45) is 0 Å². The Hall–Kier alpha value is -2.77. The van der Waals surface area contributed by atoms with Crippen LogP contribution < -0.4 is 0 Å². The number of hydrogen-bond donors (Lipinski definition) is 1. The molecule has 5 nitrogen and oxygen atoms in total. The zero-order valence-electron chi connectivity index (χ0n) is 14.5. The maximum Gasteiger partial charge on any atom is 0.296 e. The van der Waals surface area contributed by atoms with Gasteiger partial charge in [0.2, 0.25) is 0 Å². The quantitative estimate of drug-likeness (QED) is 0.409. The highest BCUT2D eigenvalue weighted by Crippen LogP contribution is 2.43. The molecule has 1 aliphatic heterocycles. The lowest BCUT2D eigenvalue weighted by atomic mass is 9.99. The number of aromatic nitrogens is 1. The van der Waals surface area contributed by atoms with Crippen LogP contribution in [0.3, 0.4) is 0 Å². The Kier molecular flexibility index (Phi) is 4.63. The highest BCUT2D eigenvalue weighted by atomic mass is 32.1. The number of Topliss-reactive ketones (excluding diaryl/α,β-unsaturated/α-hetero) is 1. The molecular formula is C20H16N2O3S2. The molecule has 7 heteroatoms. The summed E-state index contributed by atoms with van der Waals surface area (Å²) in [4.78, 5) is 33.1. The second kappa shape index (κ2) is 7.09. The molecule has 136 valence electrons. The second-order valence-corrected chi connectivity index (χ2v) is 8.19. The van der Waals surface area contributed by atoms with Crippen LogP contribution in [-0.4, -0.2) is 26.7 Å². The smallest absolute Gasteiger partial charge is 0.296 e. The number of amides is 1. The van der Waals surface area contributed by atoms with Crippen LogP contribution in [0, 0.1) is 6.92 Å². The molecule has 1 atom stereocenters. The first-order valence-corrected chi connectivity index (χ1v) is 10.1. The van der Waals surface area contributed by atoms with Crippen LogP contribution in [0.15, 0.2) is 59.1 Å². The minimum Gasteiger partial charge on any atom is -0.507 e. The molecule has 1 aliphatic rings. The van der Waals surface area contributed by atoms with Crippen LogP contribution in [0.5, 0.6) is 0 Å². The van der Waals surface area contributed by atoms with E-state index < -0.39 is 17.7 Å². The van der Waals surface area contributed by atoms with Crippen molar-refractivity contribution in [2.45, 2.75) is 19.5 Å². The summed E-state index contributed by atoms with van der Waals surface area (Å²) in [6.07, 6.45) is 3.09. The van der Waals surface area contributed by atoms with E-state index in [1.807, 2.05) is 35.9 Å². The summed E-state index contributed by atoms with van der Waals surface area (Å²) in [5, 5.41) is 14.7. The second-order valence-electron chi connectivity index (χ2n) is 6.21. The Bertz CT molecular complexity index is 1020. The number of carbonyl (C=O) groups is 2. The van der Waals surface area contributed by atoms with Crippen LogP contribution in [0.1, 0.15) is 26.9 Å². The number of likely N-dealkylation sites (tertiary alicyclic amines) is 1. The Labute approximate surface area is 164 Å². The highest BCUT2D eigenvalue weighted by molar-refractivity contribution is 7.10. The third-order valence-electron chi connectivity index (χ3n) is 4.55. The maximum atomic E-state index is 12.9. The van der Waals surface area contributed by atoms with Gasteiger partial charge in [0.1, 0.15) is 11.8 Å². The summed E-state index contributed by atoms with van der Waals surface area (Å²) in [6, 6.07) is 8.46. The van der Waals surface area contributed by atoms with E-state index in [2.05, 4.69) is 4.98 Å². The molecule has 4 rings (SSSR count). The van der Waals surface area contributed by atoms with Crippen molar-refractivity contribution in [1.82, 2.24) is 9.88 Å². The number of carbonyl (C=O) groups excluding carboxylic acids is 2. The van der Waals surface area contributed by atoms with Crippen molar-refractivity contribution in [3.63, 3.8) is 0 Å². The fourth-order valence-electron chi connectivity index (χ4n) is 3.22. The Morgan fingerprint density at radius 1 is 1.15 bits per heavy atom. The molecule has 27 heavy (non-hydrogen) atoms. The van der Waals surface area contributed by atoms with Crippen molar-refractivity contribution in [3.8, 4) is 0 Å². The fraction of sp³-hybridized carbons (Fsp3) is 0.150. The Balaban J connectivity index is 1.88. The van der Waals surface area contributed by atoms with Crippen LogP contribution >= 0.6 is 22.7 Å². The lowest BCUT2D eigenvalue weighted by molar-refractivity contribution is -0.140. The molecule has 0 aromatic carbocycles. The number of nitrogens with zero attached hydrogens (tertiary/aromatic N) is 2. The topological polar surface area (TPSA) is 70.5 Å². The number of rotatable bonds is 4. The Morgan fingerprint density at radius 2 is 1.93 bits per heavy atom. The molecule has 1 amide bonds. The first-order valence-electron chi connectivity index (χ1n) is 8.33. The average Bonchev–Trinajstić information content (AvgIpc) is 3.39. The fourth-order valence-corrected chi connectivity index (χ4v) is 4.97. The van der Waals surface area contributed by atoms with Gasteiger partial charge < -0.3 is 10.0 Å². The normalized spacial score (nSPS) is 19.0. The van der Waals surface area contributed by atoms with Gasteiger partial charge in [-0.05, 0) is 47.5 Å². The molecule has 1 unspecified atom stereocenters. The zero-order chi connectivity index (χ0) is 19.0. The Morgan fingerprint density at radius 3 is 2.56 bits per heavy atom. The largest absolute Gasteiger partial charge is 0.507 e. The van der Waals surface area contributed by atoms with E-state index in [9.17, 15) is 14.7 Å². The number of pyridine rings is 1. The van der Waals surface area contributed by atoms with Gasteiger partial charge in [-0.25, -0.2) is 0 Å². The number of ketones is 1. The zero-order valence-corrected chi connectivity index (χ0v) is 16.1. The molecule has 0 radical (unpaired) electrons. The van der Waals surface area contributed by atoms with E-state index in [0.717, 1.165) is 15.3 Å². The van der Waals surface area contributed by atoms with Gasteiger partial charge in [-0.1, -0.05) is 6.07 Å². The average molecular weight is 396 g/mol. The third kappa shape index (κ3) is 3.09. The van der Waals surface area contributed by atoms with E-state index in [-0.39, 0.29) is 11.3 Å². The van der Waals surface area contributed by atoms with Crippen LogP contribution in [-0.2, 0) is 16.1 Å². The number of thiophene rings is 2. The number of hydrogen-bond acceptors (Lipinski definition) is 6. The third-order valence-corrected chi connectivity index (χ3v) is 6.48. The lowest BCUT2D eigenvalue weighted by Gasteiger charge is -2.24. The molecule has 3 aromatic heterocycles. The molecule has 0 saturated carbocycles. The van der Waals surface area contributed by atoms with Gasteiger partial charge in [0.05, 0.1) is 12.1 Å². The molecule has 4 heterocycles. The molecule has 0 aliphatic carbocycles. The highest BCUT2D eigenvalue weighted by Gasteiger charge is 2.47.